The molecule has 0 radical (unpaired) electrons. The summed E-state index contributed by atoms with van der Waals surface area (Å²) in [7, 11) is 0. The first-order chi connectivity index (χ1) is 13.9. The predicted octanol–water partition coefficient (Wildman–Crippen LogP) is 2.34. The number of hydrogen-bond donors (Lipinski definition) is 1. The van der Waals surface area contributed by atoms with Crippen LogP contribution in [0.4, 0.5) is 10.5 Å². The number of carbonyl (C=O) groups excluding carboxylic acids is 2. The average molecular weight is 407 g/mol. The van der Waals surface area contributed by atoms with Crippen LogP contribution in [-0.2, 0) is 20.9 Å². The fourth-order valence-electron chi connectivity index (χ4n) is 3.55. The number of hydroxylamine groups is 2. The third-order valence-electron chi connectivity index (χ3n) is 5.32. The summed E-state index contributed by atoms with van der Waals surface area (Å²) in [5.74, 6) is -0.302. The van der Waals surface area contributed by atoms with Crippen molar-refractivity contribution in [2.75, 3.05) is 26.2 Å². The fourth-order valence-corrected chi connectivity index (χ4v) is 3.55. The standard InChI is InChI=1S/C19H25N3O7/c23-18(28-12-14-3-5-16(6-4-14)22(26)27)17-2-1-9-21(17)19(24)29-13-15-7-10-20(25)11-8-15/h3-6,15,17,25H,1-2,7-13H2. The first-order valence-corrected chi connectivity index (χ1v) is 9.71. The zero-order valence-electron chi connectivity index (χ0n) is 16.1. The number of nitro benzene ring substituents is 1. The molecule has 2 aliphatic heterocycles. The molecular weight excluding hydrogens is 382 g/mol. The number of likely N-dealkylation sites (tertiary alicyclic amines) is 1. The highest BCUT2D eigenvalue weighted by atomic mass is 16.6. The molecule has 0 aromatic heterocycles. The van der Waals surface area contributed by atoms with Crippen LogP contribution in [0, 0.1) is 16.0 Å². The molecule has 2 aliphatic rings. The SMILES string of the molecule is O=C(OCc1ccc([N+](=O)[O-])cc1)C1CCCN1C(=O)OCC1CCN(O)CC1. The van der Waals surface area contributed by atoms with Crippen molar-refractivity contribution in [3.8, 4) is 0 Å². The number of amides is 1. The molecule has 10 heteroatoms. The van der Waals surface area contributed by atoms with Gasteiger partial charge in [-0.05, 0) is 49.3 Å². The fraction of sp³-hybridized carbons (Fsp3) is 0.579. The molecule has 1 aromatic carbocycles. The van der Waals surface area contributed by atoms with Crippen LogP contribution in [0.1, 0.15) is 31.2 Å². The Kier molecular flexibility index (Phi) is 6.99. The van der Waals surface area contributed by atoms with E-state index in [1.165, 1.54) is 34.2 Å². The highest BCUT2D eigenvalue weighted by Gasteiger charge is 2.36. The Bertz CT molecular complexity index is 732. The van der Waals surface area contributed by atoms with Gasteiger partial charge >= 0.3 is 12.1 Å². The number of esters is 1. The minimum absolute atomic E-state index is 0.0179. The summed E-state index contributed by atoms with van der Waals surface area (Å²) in [4.78, 5) is 36.4. The topological polar surface area (TPSA) is 122 Å². The summed E-state index contributed by atoms with van der Waals surface area (Å²) in [5, 5.41) is 21.3. The van der Waals surface area contributed by atoms with E-state index >= 15 is 0 Å². The van der Waals surface area contributed by atoms with E-state index in [-0.39, 0.29) is 24.8 Å². The zero-order valence-corrected chi connectivity index (χ0v) is 16.1. The summed E-state index contributed by atoms with van der Waals surface area (Å²) in [5.41, 5.74) is 0.598. The molecule has 2 heterocycles. The molecule has 29 heavy (non-hydrogen) atoms. The Balaban J connectivity index is 1.46. The van der Waals surface area contributed by atoms with Crippen LogP contribution in [0.25, 0.3) is 0 Å². The first-order valence-electron chi connectivity index (χ1n) is 9.71. The molecule has 158 valence electrons. The Morgan fingerprint density at radius 1 is 1.10 bits per heavy atom. The number of carbonyl (C=O) groups is 2. The van der Waals surface area contributed by atoms with Crippen LogP contribution in [0.3, 0.4) is 0 Å². The number of nitrogens with zero attached hydrogens (tertiary/aromatic N) is 3. The van der Waals surface area contributed by atoms with Gasteiger partial charge in [0.1, 0.15) is 12.6 Å². The monoisotopic (exact) mass is 407 g/mol. The Morgan fingerprint density at radius 2 is 1.79 bits per heavy atom. The van der Waals surface area contributed by atoms with E-state index < -0.39 is 23.0 Å². The summed E-state index contributed by atoms with van der Waals surface area (Å²) in [6.07, 6.45) is 2.19. The van der Waals surface area contributed by atoms with Crippen molar-refractivity contribution in [2.45, 2.75) is 38.3 Å². The van der Waals surface area contributed by atoms with E-state index in [2.05, 4.69) is 0 Å². The average Bonchev–Trinajstić information content (AvgIpc) is 3.22. The molecule has 1 atom stereocenters. The maximum atomic E-state index is 12.4. The second kappa shape index (κ2) is 9.66. The number of hydrogen-bond acceptors (Lipinski definition) is 8. The Morgan fingerprint density at radius 3 is 2.45 bits per heavy atom. The molecule has 3 rings (SSSR count). The maximum absolute atomic E-state index is 12.4. The minimum Gasteiger partial charge on any atom is -0.459 e. The van der Waals surface area contributed by atoms with Gasteiger partial charge in [0.15, 0.2) is 0 Å². The van der Waals surface area contributed by atoms with E-state index in [1.807, 2.05) is 0 Å². The summed E-state index contributed by atoms with van der Waals surface area (Å²) >= 11 is 0. The number of nitro groups is 1. The van der Waals surface area contributed by atoms with Gasteiger partial charge in [0.25, 0.3) is 5.69 Å². The normalized spacial score (nSPS) is 20.4. The van der Waals surface area contributed by atoms with Gasteiger partial charge in [-0.15, -0.1) is 0 Å². The van der Waals surface area contributed by atoms with Crippen molar-refractivity contribution in [3.63, 3.8) is 0 Å². The number of benzene rings is 1. The summed E-state index contributed by atoms with van der Waals surface area (Å²) in [6.45, 7) is 1.81. The lowest BCUT2D eigenvalue weighted by Gasteiger charge is -2.28. The van der Waals surface area contributed by atoms with Gasteiger partial charge in [0.05, 0.1) is 11.5 Å². The molecule has 1 aromatic rings. The lowest BCUT2D eigenvalue weighted by Crippen LogP contribution is -2.42. The first kappa shape index (κ1) is 21.0. The van der Waals surface area contributed by atoms with Crippen LogP contribution < -0.4 is 0 Å². The molecule has 10 nitrogen and oxygen atoms in total. The molecular formula is C19H25N3O7. The van der Waals surface area contributed by atoms with Crippen molar-refractivity contribution < 1.29 is 29.2 Å². The van der Waals surface area contributed by atoms with Crippen LogP contribution in [0.15, 0.2) is 24.3 Å². The summed E-state index contributed by atoms with van der Waals surface area (Å²) in [6, 6.07) is 5.08. The largest absolute Gasteiger partial charge is 0.459 e. The molecule has 0 spiro atoms. The van der Waals surface area contributed by atoms with E-state index in [0.717, 1.165) is 12.8 Å². The van der Waals surface area contributed by atoms with Crippen LogP contribution in [-0.4, -0.2) is 64.4 Å². The molecule has 0 saturated carbocycles. The second-order valence-electron chi connectivity index (χ2n) is 7.36. The molecule has 2 saturated heterocycles. The minimum atomic E-state index is -0.681. The maximum Gasteiger partial charge on any atom is 0.410 e. The second-order valence-corrected chi connectivity index (χ2v) is 7.36. The summed E-state index contributed by atoms with van der Waals surface area (Å²) < 4.78 is 10.7. The highest BCUT2D eigenvalue weighted by molar-refractivity contribution is 5.82. The molecule has 1 amide bonds. The van der Waals surface area contributed by atoms with Crippen molar-refractivity contribution >= 4 is 17.7 Å². The van der Waals surface area contributed by atoms with Crippen LogP contribution in [0.5, 0.6) is 0 Å². The predicted molar refractivity (Wildman–Crippen MR) is 100 cm³/mol. The third-order valence-corrected chi connectivity index (χ3v) is 5.32. The van der Waals surface area contributed by atoms with Gasteiger partial charge < -0.3 is 14.7 Å². The quantitative estimate of drug-likeness (QED) is 0.433. The van der Waals surface area contributed by atoms with Crippen molar-refractivity contribution in [1.82, 2.24) is 9.96 Å². The van der Waals surface area contributed by atoms with E-state index in [9.17, 15) is 24.9 Å². The smallest absolute Gasteiger partial charge is 0.410 e. The molecule has 1 N–H and O–H groups in total. The molecule has 0 bridgehead atoms. The molecule has 0 aliphatic carbocycles. The lowest BCUT2D eigenvalue weighted by atomic mass is 9.99. The number of non-ortho nitro benzene ring substituents is 1. The van der Waals surface area contributed by atoms with Crippen molar-refractivity contribution in [2.24, 2.45) is 5.92 Å². The number of ether oxygens (including phenoxy) is 2. The number of rotatable bonds is 6. The third kappa shape index (κ3) is 5.64. The van der Waals surface area contributed by atoms with Crippen molar-refractivity contribution in [3.05, 3.63) is 39.9 Å². The van der Waals surface area contributed by atoms with Crippen LogP contribution >= 0.6 is 0 Å². The van der Waals surface area contributed by atoms with Gasteiger partial charge in [-0.1, -0.05) is 0 Å². The zero-order chi connectivity index (χ0) is 20.8. The van der Waals surface area contributed by atoms with Gasteiger partial charge in [-0.2, -0.15) is 5.06 Å². The van der Waals surface area contributed by atoms with Gasteiger partial charge in [0, 0.05) is 31.8 Å². The number of piperidine rings is 1. The van der Waals surface area contributed by atoms with Gasteiger partial charge in [-0.25, -0.2) is 9.59 Å². The van der Waals surface area contributed by atoms with E-state index in [0.29, 0.717) is 38.0 Å². The van der Waals surface area contributed by atoms with Gasteiger partial charge in [-0.3, -0.25) is 15.0 Å². The van der Waals surface area contributed by atoms with Gasteiger partial charge in [0.2, 0.25) is 0 Å². The lowest BCUT2D eigenvalue weighted by molar-refractivity contribution is -0.384. The molecule has 2 fully saturated rings. The Hall–Kier alpha value is -2.72. The molecule has 1 unspecified atom stereocenters. The Labute approximate surface area is 168 Å². The van der Waals surface area contributed by atoms with Crippen LogP contribution in [0.2, 0.25) is 0 Å². The van der Waals surface area contributed by atoms with Crippen molar-refractivity contribution in [1.29, 1.82) is 0 Å². The highest BCUT2D eigenvalue weighted by Crippen LogP contribution is 2.22. The van der Waals surface area contributed by atoms with E-state index in [1.54, 1.807) is 0 Å². The van der Waals surface area contributed by atoms with E-state index in [4.69, 9.17) is 9.47 Å².